The Bertz CT molecular complexity index is 1070. The van der Waals surface area contributed by atoms with Crippen molar-refractivity contribution < 1.29 is 14.5 Å². The van der Waals surface area contributed by atoms with Crippen LogP contribution in [0, 0.1) is 0 Å². The molecule has 5 rings (SSSR count). The number of carbonyl (C=O) groups excluding carboxylic acids is 2. The van der Waals surface area contributed by atoms with Crippen LogP contribution >= 0.6 is 11.3 Å². The van der Waals surface area contributed by atoms with Gasteiger partial charge in [0.25, 0.3) is 5.91 Å². The SMILES string of the molecule is CC[C@]1(c2ccccc2)NC(=O)N(C[NH+]2CCC[C@@H]2c2nc3ccccc3s2)C1=O. The number of rotatable bonds is 5. The standard InChI is InChI=1S/C23H24N4O2S/c1-2-23(16-9-4-3-5-10-16)21(28)27(22(29)25-23)15-26-14-8-12-18(26)20-24-17-11-6-7-13-19(17)30-20/h3-7,9-11,13,18H,2,8,12,14-15H2,1H3,(H,25,29)/p+1/t18-,23-/m1/s1. The van der Waals surface area contributed by atoms with E-state index in [0.717, 1.165) is 35.5 Å². The number of amides is 3. The number of imide groups is 1. The van der Waals surface area contributed by atoms with Crippen molar-refractivity contribution in [3.8, 4) is 0 Å². The number of urea groups is 1. The van der Waals surface area contributed by atoms with E-state index in [1.165, 1.54) is 14.5 Å². The molecular weight excluding hydrogens is 396 g/mol. The molecule has 2 fully saturated rings. The van der Waals surface area contributed by atoms with Gasteiger partial charge in [0.05, 0.1) is 16.8 Å². The topological polar surface area (TPSA) is 66.7 Å². The first-order valence-electron chi connectivity index (χ1n) is 10.5. The van der Waals surface area contributed by atoms with Gasteiger partial charge in [0.1, 0.15) is 11.6 Å². The number of benzene rings is 2. The minimum atomic E-state index is -0.969. The van der Waals surface area contributed by atoms with E-state index >= 15 is 0 Å². The van der Waals surface area contributed by atoms with Gasteiger partial charge in [-0.1, -0.05) is 49.4 Å². The zero-order chi connectivity index (χ0) is 20.7. The highest BCUT2D eigenvalue weighted by molar-refractivity contribution is 7.18. The van der Waals surface area contributed by atoms with Gasteiger partial charge in [-0.15, -0.1) is 11.3 Å². The molecule has 0 radical (unpaired) electrons. The van der Waals surface area contributed by atoms with Gasteiger partial charge in [-0.3, -0.25) is 4.79 Å². The molecule has 0 bridgehead atoms. The Morgan fingerprint density at radius 1 is 1.17 bits per heavy atom. The molecule has 3 amide bonds. The van der Waals surface area contributed by atoms with Crippen LogP contribution in [0.2, 0.25) is 0 Å². The molecule has 7 heteroatoms. The first kappa shape index (κ1) is 19.2. The largest absolute Gasteiger partial charge is 0.329 e. The molecular formula is C23H25N4O2S+. The van der Waals surface area contributed by atoms with Crippen LogP contribution in [0.3, 0.4) is 0 Å². The summed E-state index contributed by atoms with van der Waals surface area (Å²) in [6.45, 7) is 3.25. The Kier molecular flexibility index (Phi) is 4.79. The van der Waals surface area contributed by atoms with Crippen LogP contribution in [-0.4, -0.2) is 35.0 Å². The van der Waals surface area contributed by atoms with Crippen molar-refractivity contribution in [2.75, 3.05) is 13.2 Å². The van der Waals surface area contributed by atoms with Crippen molar-refractivity contribution in [1.82, 2.24) is 15.2 Å². The number of nitrogens with zero attached hydrogens (tertiary/aromatic N) is 2. The van der Waals surface area contributed by atoms with E-state index in [2.05, 4.69) is 11.4 Å². The maximum atomic E-state index is 13.5. The van der Waals surface area contributed by atoms with Crippen molar-refractivity contribution in [2.24, 2.45) is 0 Å². The van der Waals surface area contributed by atoms with Crippen LogP contribution in [0.25, 0.3) is 10.2 Å². The molecule has 0 spiro atoms. The molecule has 0 aliphatic carbocycles. The maximum absolute atomic E-state index is 13.5. The highest BCUT2D eigenvalue weighted by Gasteiger charge is 2.53. The number of quaternary nitrogens is 1. The Labute approximate surface area is 179 Å². The molecule has 154 valence electrons. The number of hydrogen-bond donors (Lipinski definition) is 2. The number of nitrogens with one attached hydrogen (secondary N) is 2. The number of aromatic nitrogens is 1. The average molecular weight is 422 g/mol. The van der Waals surface area contributed by atoms with E-state index < -0.39 is 5.54 Å². The second kappa shape index (κ2) is 7.49. The van der Waals surface area contributed by atoms with Gasteiger partial charge >= 0.3 is 6.03 Å². The quantitative estimate of drug-likeness (QED) is 0.623. The molecule has 1 aromatic heterocycles. The predicted octanol–water partition coefficient (Wildman–Crippen LogP) is 2.83. The van der Waals surface area contributed by atoms with Crippen LogP contribution < -0.4 is 10.2 Å². The van der Waals surface area contributed by atoms with E-state index in [9.17, 15) is 9.59 Å². The number of likely N-dealkylation sites (tertiary alicyclic amines) is 1. The smallest absolute Gasteiger partial charge is 0.319 e. The first-order chi connectivity index (χ1) is 14.6. The normalized spacial score (nSPS) is 26.5. The maximum Gasteiger partial charge on any atom is 0.329 e. The number of para-hydroxylation sites is 1. The van der Waals surface area contributed by atoms with Crippen molar-refractivity contribution in [1.29, 1.82) is 0 Å². The van der Waals surface area contributed by atoms with E-state index in [1.807, 2.05) is 55.5 Å². The lowest BCUT2D eigenvalue weighted by Gasteiger charge is -2.27. The molecule has 0 saturated carbocycles. The van der Waals surface area contributed by atoms with Gasteiger partial charge in [-0.05, 0) is 24.1 Å². The summed E-state index contributed by atoms with van der Waals surface area (Å²) in [4.78, 5) is 33.8. The predicted molar refractivity (Wildman–Crippen MR) is 116 cm³/mol. The third kappa shape index (κ3) is 3.00. The molecule has 3 atom stereocenters. The summed E-state index contributed by atoms with van der Waals surface area (Å²) >= 11 is 1.72. The Morgan fingerprint density at radius 2 is 1.93 bits per heavy atom. The second-order valence-corrected chi connectivity index (χ2v) is 9.13. The van der Waals surface area contributed by atoms with E-state index in [0.29, 0.717) is 13.1 Å². The van der Waals surface area contributed by atoms with Gasteiger partial charge in [-0.25, -0.2) is 14.7 Å². The highest BCUT2D eigenvalue weighted by Crippen LogP contribution is 2.33. The van der Waals surface area contributed by atoms with Crippen LogP contribution in [0.4, 0.5) is 4.79 Å². The lowest BCUT2D eigenvalue weighted by atomic mass is 9.87. The Hall–Kier alpha value is -2.77. The van der Waals surface area contributed by atoms with Crippen molar-refractivity contribution >= 4 is 33.5 Å². The van der Waals surface area contributed by atoms with Crippen molar-refractivity contribution in [3.05, 3.63) is 65.2 Å². The van der Waals surface area contributed by atoms with Crippen molar-refractivity contribution in [2.45, 2.75) is 37.8 Å². The summed E-state index contributed by atoms with van der Waals surface area (Å²) in [5, 5.41) is 4.09. The zero-order valence-corrected chi connectivity index (χ0v) is 17.7. The third-order valence-electron chi connectivity index (χ3n) is 6.43. The molecule has 2 aliphatic rings. The molecule has 3 aromatic rings. The summed E-state index contributed by atoms with van der Waals surface area (Å²) < 4.78 is 1.18. The Morgan fingerprint density at radius 3 is 2.70 bits per heavy atom. The number of hydrogen-bond acceptors (Lipinski definition) is 4. The van der Waals surface area contributed by atoms with E-state index in [1.54, 1.807) is 11.3 Å². The van der Waals surface area contributed by atoms with Gasteiger partial charge in [0, 0.05) is 12.8 Å². The van der Waals surface area contributed by atoms with Gasteiger partial charge in [0.15, 0.2) is 11.7 Å². The molecule has 2 N–H and O–H groups in total. The average Bonchev–Trinajstić information content (AvgIpc) is 3.47. The lowest BCUT2D eigenvalue weighted by molar-refractivity contribution is -0.925. The molecule has 30 heavy (non-hydrogen) atoms. The minimum absolute atomic E-state index is 0.149. The van der Waals surface area contributed by atoms with E-state index in [4.69, 9.17) is 4.98 Å². The van der Waals surface area contributed by atoms with Crippen LogP contribution in [0.5, 0.6) is 0 Å². The first-order valence-corrected chi connectivity index (χ1v) is 11.3. The van der Waals surface area contributed by atoms with Crippen LogP contribution in [0.1, 0.15) is 42.8 Å². The summed E-state index contributed by atoms with van der Waals surface area (Å²) in [5.74, 6) is -0.149. The summed E-state index contributed by atoms with van der Waals surface area (Å²) in [6, 6.07) is 17.7. The molecule has 6 nitrogen and oxygen atoms in total. The van der Waals surface area contributed by atoms with Gasteiger partial charge in [0.2, 0.25) is 0 Å². The monoisotopic (exact) mass is 421 g/mol. The molecule has 3 heterocycles. The zero-order valence-electron chi connectivity index (χ0n) is 16.9. The number of carbonyl (C=O) groups is 2. The molecule has 2 saturated heterocycles. The molecule has 2 aromatic carbocycles. The van der Waals surface area contributed by atoms with E-state index in [-0.39, 0.29) is 18.0 Å². The lowest BCUT2D eigenvalue weighted by Crippen LogP contribution is -3.12. The van der Waals surface area contributed by atoms with Crippen LogP contribution in [0.15, 0.2) is 54.6 Å². The fourth-order valence-corrected chi connectivity index (χ4v) is 5.93. The van der Waals surface area contributed by atoms with Crippen molar-refractivity contribution in [3.63, 3.8) is 0 Å². The molecule has 2 aliphatic heterocycles. The third-order valence-corrected chi connectivity index (χ3v) is 7.58. The van der Waals surface area contributed by atoms with Crippen LogP contribution in [-0.2, 0) is 10.3 Å². The fourth-order valence-electron chi connectivity index (χ4n) is 4.77. The second-order valence-electron chi connectivity index (χ2n) is 8.07. The highest BCUT2D eigenvalue weighted by atomic mass is 32.1. The summed E-state index contributed by atoms with van der Waals surface area (Å²) in [6.07, 6.45) is 2.61. The Balaban J connectivity index is 1.40. The summed E-state index contributed by atoms with van der Waals surface area (Å²) in [5.41, 5.74) is 0.892. The van der Waals surface area contributed by atoms with Gasteiger partial charge in [-0.2, -0.15) is 0 Å². The number of thiazole rings is 1. The fraction of sp³-hybridized carbons (Fsp3) is 0.348. The number of fused-ring (bicyclic) bond motifs is 1. The van der Waals surface area contributed by atoms with Gasteiger partial charge < -0.3 is 10.2 Å². The molecule has 1 unspecified atom stereocenters. The summed E-state index contributed by atoms with van der Waals surface area (Å²) in [7, 11) is 0. The minimum Gasteiger partial charge on any atom is -0.319 e.